The predicted octanol–water partition coefficient (Wildman–Crippen LogP) is 0.315. The highest BCUT2D eigenvalue weighted by Gasteiger charge is 2.22. The summed E-state index contributed by atoms with van der Waals surface area (Å²) in [6, 6.07) is 10.8. The van der Waals surface area contributed by atoms with Gasteiger partial charge in [-0.05, 0) is 26.0 Å². The van der Waals surface area contributed by atoms with Gasteiger partial charge in [-0.25, -0.2) is 13.1 Å². The molecule has 0 spiro atoms. The van der Waals surface area contributed by atoms with E-state index in [2.05, 4.69) is 9.88 Å². The van der Waals surface area contributed by atoms with Crippen LogP contribution in [0.25, 0.3) is 10.8 Å². The van der Waals surface area contributed by atoms with Crippen molar-refractivity contribution < 1.29 is 25.3 Å². The van der Waals surface area contributed by atoms with Crippen LogP contribution in [0.4, 0.5) is 11.6 Å². The Labute approximate surface area is 153 Å². The number of halogens is 1. The normalized spacial score (nSPS) is 11.2. The molecule has 0 saturated carbocycles. The fraction of sp³-hybridized carbons (Fsp3) is 0.235. The second-order valence-corrected chi connectivity index (χ2v) is 7.50. The molecule has 0 aliphatic heterocycles. The topological polar surface area (TPSA) is 75.4 Å². The molecule has 0 amide bonds. The number of hydrogen-bond donors (Lipinski definition) is 1. The van der Waals surface area contributed by atoms with Crippen molar-refractivity contribution in [2.45, 2.75) is 18.7 Å². The highest BCUT2D eigenvalue weighted by atomic mass is 35.5. The number of hydrogen-bond acceptors (Lipinski definition) is 5. The van der Waals surface area contributed by atoms with E-state index in [1.54, 1.807) is 32.0 Å². The van der Waals surface area contributed by atoms with Crippen molar-refractivity contribution in [3.8, 4) is 0 Å². The monoisotopic (exact) mass is 380 g/mol. The van der Waals surface area contributed by atoms with Gasteiger partial charge in [-0.1, -0.05) is 29.4 Å². The molecule has 1 aromatic heterocycles. The molecule has 3 rings (SSSR count). The van der Waals surface area contributed by atoms with Gasteiger partial charge in [0.25, 0.3) is 10.0 Å². The summed E-state index contributed by atoms with van der Waals surface area (Å²) in [4.78, 5) is 2.16. The Kier molecular flexibility index (Phi) is 5.29. The molecule has 8 heteroatoms. The largest absolute Gasteiger partial charge is 1.00 e. The van der Waals surface area contributed by atoms with Crippen LogP contribution in [0.3, 0.4) is 0 Å². The van der Waals surface area contributed by atoms with Crippen LogP contribution in [-0.4, -0.2) is 27.7 Å². The Morgan fingerprint density at radius 3 is 2.28 bits per heavy atom. The molecule has 2 aromatic carbocycles. The second-order valence-electron chi connectivity index (χ2n) is 5.85. The summed E-state index contributed by atoms with van der Waals surface area (Å²) >= 11 is 0. The van der Waals surface area contributed by atoms with Gasteiger partial charge in [-0.3, -0.25) is 0 Å². The Morgan fingerprint density at radius 2 is 1.68 bits per heavy atom. The first-order valence-corrected chi connectivity index (χ1v) is 8.94. The minimum absolute atomic E-state index is 0. The number of benzene rings is 2. The SMILES string of the molecule is Cc1noc(NS(=O)(=O)c2cccc3c(N(C)C)cccc23)c1C.[Cl-]. The summed E-state index contributed by atoms with van der Waals surface area (Å²) in [6.07, 6.45) is 0. The summed E-state index contributed by atoms with van der Waals surface area (Å²) < 4.78 is 33.3. The lowest BCUT2D eigenvalue weighted by Crippen LogP contribution is -3.00. The van der Waals surface area contributed by atoms with Crippen molar-refractivity contribution >= 4 is 32.4 Å². The Bertz CT molecular complexity index is 1010. The first kappa shape index (κ1) is 19.1. The zero-order valence-electron chi connectivity index (χ0n) is 14.4. The molecule has 1 N–H and O–H groups in total. The van der Waals surface area contributed by atoms with E-state index in [-0.39, 0.29) is 23.2 Å². The molecule has 0 fully saturated rings. The third-order valence-electron chi connectivity index (χ3n) is 4.01. The first-order chi connectivity index (χ1) is 11.3. The van der Waals surface area contributed by atoms with Crippen LogP contribution < -0.4 is 22.0 Å². The number of aryl methyl sites for hydroxylation is 1. The highest BCUT2D eigenvalue weighted by molar-refractivity contribution is 7.93. The molecule has 25 heavy (non-hydrogen) atoms. The van der Waals surface area contributed by atoms with Gasteiger partial charge in [0.2, 0.25) is 5.88 Å². The Morgan fingerprint density at radius 1 is 1.04 bits per heavy atom. The van der Waals surface area contributed by atoms with E-state index in [9.17, 15) is 8.42 Å². The number of sulfonamides is 1. The maximum Gasteiger partial charge on any atom is 0.264 e. The molecule has 0 radical (unpaired) electrons. The minimum atomic E-state index is -3.79. The van der Waals surface area contributed by atoms with Gasteiger partial charge in [0.05, 0.1) is 10.6 Å². The van der Waals surface area contributed by atoms with Gasteiger partial charge in [-0.15, -0.1) is 0 Å². The maximum atomic E-state index is 12.8. The number of nitrogens with one attached hydrogen (secondary N) is 1. The van der Waals surface area contributed by atoms with Crippen molar-refractivity contribution in [1.82, 2.24) is 5.16 Å². The number of aromatic nitrogens is 1. The second kappa shape index (κ2) is 6.93. The van der Waals surface area contributed by atoms with Crippen LogP contribution >= 0.6 is 0 Å². The fourth-order valence-corrected chi connectivity index (χ4v) is 3.85. The first-order valence-electron chi connectivity index (χ1n) is 7.46. The lowest BCUT2D eigenvalue weighted by Gasteiger charge is -2.17. The molecule has 0 atom stereocenters. The summed E-state index contributed by atoms with van der Waals surface area (Å²) in [5.74, 6) is 0.147. The summed E-state index contributed by atoms with van der Waals surface area (Å²) in [6.45, 7) is 3.52. The average Bonchev–Trinajstić information content (AvgIpc) is 2.85. The van der Waals surface area contributed by atoms with Crippen LogP contribution in [0.1, 0.15) is 11.3 Å². The number of fused-ring (bicyclic) bond motifs is 1. The van der Waals surface area contributed by atoms with Crippen molar-refractivity contribution in [2.24, 2.45) is 0 Å². The van der Waals surface area contributed by atoms with Gasteiger partial charge in [-0.2, -0.15) is 0 Å². The zero-order valence-corrected chi connectivity index (χ0v) is 15.9. The molecule has 0 aliphatic carbocycles. The van der Waals surface area contributed by atoms with Crippen LogP contribution in [0.2, 0.25) is 0 Å². The van der Waals surface area contributed by atoms with Crippen LogP contribution in [0.5, 0.6) is 0 Å². The lowest BCUT2D eigenvalue weighted by atomic mass is 10.1. The van der Waals surface area contributed by atoms with Crippen molar-refractivity contribution in [3.63, 3.8) is 0 Å². The number of nitrogens with zero attached hydrogens (tertiary/aromatic N) is 2. The average molecular weight is 381 g/mol. The van der Waals surface area contributed by atoms with Crippen LogP contribution in [-0.2, 0) is 10.0 Å². The van der Waals surface area contributed by atoms with Gasteiger partial charge in [0, 0.05) is 36.1 Å². The molecule has 0 bridgehead atoms. The molecule has 6 nitrogen and oxygen atoms in total. The maximum absolute atomic E-state index is 12.8. The molecule has 3 aromatic rings. The van der Waals surface area contributed by atoms with Crippen LogP contribution in [0, 0.1) is 13.8 Å². The van der Waals surface area contributed by atoms with Gasteiger partial charge in [0.15, 0.2) is 0 Å². The van der Waals surface area contributed by atoms with Gasteiger partial charge >= 0.3 is 0 Å². The van der Waals surface area contributed by atoms with E-state index in [4.69, 9.17) is 4.52 Å². The molecule has 134 valence electrons. The van der Waals surface area contributed by atoms with Crippen molar-refractivity contribution in [1.29, 1.82) is 0 Å². The highest BCUT2D eigenvalue weighted by Crippen LogP contribution is 2.31. The summed E-state index contributed by atoms with van der Waals surface area (Å²) in [7, 11) is 0.0571. The number of rotatable bonds is 4. The molecule has 0 saturated heterocycles. The predicted molar refractivity (Wildman–Crippen MR) is 95.1 cm³/mol. The molecular weight excluding hydrogens is 362 g/mol. The summed E-state index contributed by atoms with van der Waals surface area (Å²) in [5, 5.41) is 5.31. The number of anilines is 2. The molecule has 1 heterocycles. The summed E-state index contributed by atoms with van der Waals surface area (Å²) in [5.41, 5.74) is 2.28. The van der Waals surface area contributed by atoms with Gasteiger partial charge < -0.3 is 21.8 Å². The van der Waals surface area contributed by atoms with E-state index >= 15 is 0 Å². The van der Waals surface area contributed by atoms with Gasteiger partial charge in [0.1, 0.15) is 0 Å². The third kappa shape index (κ3) is 3.43. The van der Waals surface area contributed by atoms with Crippen molar-refractivity contribution in [3.05, 3.63) is 47.7 Å². The standard InChI is InChI=1S/C17H19N3O3S.ClH/c1-11-12(2)18-23-17(11)19-24(21,22)16-10-6-7-13-14(16)8-5-9-15(13)20(3)4;/h5-10,19H,1-4H3;1H/p-1. The molecule has 0 aliphatic rings. The van der Waals surface area contributed by atoms with E-state index in [0.717, 1.165) is 11.1 Å². The lowest BCUT2D eigenvalue weighted by molar-refractivity contribution is -0.00000786. The fourth-order valence-electron chi connectivity index (χ4n) is 2.58. The molecular formula is C17H19ClN3O3S-. The van der Waals surface area contributed by atoms with E-state index in [0.29, 0.717) is 16.6 Å². The zero-order chi connectivity index (χ0) is 17.5. The quantitative estimate of drug-likeness (QED) is 0.705. The van der Waals surface area contributed by atoms with E-state index < -0.39 is 10.0 Å². The van der Waals surface area contributed by atoms with Crippen molar-refractivity contribution in [2.75, 3.05) is 23.7 Å². The molecule has 0 unspecified atom stereocenters. The third-order valence-corrected chi connectivity index (χ3v) is 5.40. The minimum Gasteiger partial charge on any atom is -1.00 e. The Hall–Kier alpha value is -2.25. The van der Waals surface area contributed by atoms with E-state index in [1.165, 1.54) is 0 Å². The Balaban J connectivity index is 0.00000225. The van der Waals surface area contributed by atoms with E-state index in [1.807, 2.05) is 37.2 Å². The van der Waals surface area contributed by atoms with Crippen LogP contribution in [0.15, 0.2) is 45.8 Å². The smallest absolute Gasteiger partial charge is 0.264 e.